The maximum Gasteiger partial charge on any atom is 0.243 e. The topological polar surface area (TPSA) is 69.7 Å². The average Bonchev–Trinajstić information content (AvgIpc) is 3.50. The van der Waals surface area contributed by atoms with E-state index in [4.69, 9.17) is 0 Å². The van der Waals surface area contributed by atoms with Gasteiger partial charge >= 0.3 is 0 Å². The van der Waals surface area contributed by atoms with Gasteiger partial charge in [-0.2, -0.15) is 4.31 Å². The third-order valence-electron chi connectivity index (χ3n) is 6.26. The van der Waals surface area contributed by atoms with E-state index in [9.17, 15) is 17.6 Å². The first-order valence-corrected chi connectivity index (χ1v) is 12.5. The van der Waals surface area contributed by atoms with Crippen LogP contribution in [0.2, 0.25) is 0 Å². The van der Waals surface area contributed by atoms with Gasteiger partial charge in [-0.25, -0.2) is 12.8 Å². The largest absolute Gasteiger partial charge is 0.377 e. The molecule has 1 amide bonds. The molecule has 8 heteroatoms. The third-order valence-corrected chi connectivity index (χ3v) is 8.09. The first-order chi connectivity index (χ1) is 15.2. The Balaban J connectivity index is 1.63. The number of amides is 1. The number of anilines is 2. The zero-order valence-corrected chi connectivity index (χ0v) is 19.4. The van der Waals surface area contributed by atoms with Crippen LogP contribution in [0.25, 0.3) is 0 Å². The maximum atomic E-state index is 13.4. The number of hydrogen-bond donors (Lipinski definition) is 1. The van der Waals surface area contributed by atoms with E-state index < -0.39 is 15.8 Å². The third kappa shape index (κ3) is 5.13. The SMILES string of the molecule is CN(C)c1ccc(NC(=O)C2CCC2)cc1CN(CC1CC1)S(=O)(=O)c1ccc(F)cc1. The van der Waals surface area contributed by atoms with Gasteiger partial charge in [-0.05, 0) is 79.6 Å². The van der Waals surface area contributed by atoms with Crippen LogP contribution in [0.1, 0.15) is 37.7 Å². The number of sulfonamides is 1. The normalized spacial score (nSPS) is 16.6. The molecule has 0 saturated heterocycles. The van der Waals surface area contributed by atoms with E-state index in [2.05, 4.69) is 5.32 Å². The summed E-state index contributed by atoms with van der Waals surface area (Å²) in [7, 11) is 0.0189. The molecule has 172 valence electrons. The minimum atomic E-state index is -3.80. The van der Waals surface area contributed by atoms with E-state index in [1.807, 2.05) is 37.2 Å². The van der Waals surface area contributed by atoms with Gasteiger partial charge in [0.1, 0.15) is 5.82 Å². The molecule has 0 radical (unpaired) electrons. The Labute approximate surface area is 189 Å². The van der Waals surface area contributed by atoms with E-state index >= 15 is 0 Å². The fourth-order valence-electron chi connectivity index (χ4n) is 3.92. The van der Waals surface area contributed by atoms with Crippen LogP contribution in [-0.4, -0.2) is 39.3 Å². The molecule has 0 heterocycles. The molecule has 0 aliphatic heterocycles. The zero-order valence-electron chi connectivity index (χ0n) is 18.6. The van der Waals surface area contributed by atoms with Gasteiger partial charge in [0.25, 0.3) is 0 Å². The monoisotopic (exact) mass is 459 g/mol. The molecule has 6 nitrogen and oxygen atoms in total. The minimum Gasteiger partial charge on any atom is -0.377 e. The molecular weight excluding hydrogens is 429 g/mol. The van der Waals surface area contributed by atoms with Crippen molar-refractivity contribution >= 4 is 27.3 Å². The highest BCUT2D eigenvalue weighted by molar-refractivity contribution is 7.89. The van der Waals surface area contributed by atoms with Crippen LogP contribution >= 0.6 is 0 Å². The van der Waals surface area contributed by atoms with Gasteiger partial charge < -0.3 is 10.2 Å². The zero-order chi connectivity index (χ0) is 22.9. The van der Waals surface area contributed by atoms with Gasteiger partial charge in [-0.15, -0.1) is 0 Å². The molecule has 2 aliphatic rings. The maximum absolute atomic E-state index is 13.4. The van der Waals surface area contributed by atoms with Crippen LogP contribution in [0.3, 0.4) is 0 Å². The summed E-state index contributed by atoms with van der Waals surface area (Å²) in [4.78, 5) is 14.4. The van der Waals surface area contributed by atoms with Crippen molar-refractivity contribution in [1.82, 2.24) is 4.31 Å². The van der Waals surface area contributed by atoms with E-state index in [1.54, 1.807) is 0 Å². The van der Waals surface area contributed by atoms with Gasteiger partial charge in [-0.1, -0.05) is 6.42 Å². The van der Waals surface area contributed by atoms with Gasteiger partial charge in [0, 0.05) is 44.5 Å². The van der Waals surface area contributed by atoms with Crippen LogP contribution in [0, 0.1) is 17.7 Å². The molecule has 2 saturated carbocycles. The number of hydrogen-bond acceptors (Lipinski definition) is 4. The molecule has 0 aromatic heterocycles. The second kappa shape index (κ2) is 9.19. The lowest BCUT2D eigenvalue weighted by molar-refractivity contribution is -0.122. The Morgan fingerprint density at radius 2 is 1.75 bits per heavy atom. The van der Waals surface area contributed by atoms with Crippen molar-refractivity contribution in [2.75, 3.05) is 30.9 Å². The smallest absolute Gasteiger partial charge is 0.243 e. The summed E-state index contributed by atoms with van der Waals surface area (Å²) in [6.45, 7) is 0.599. The van der Waals surface area contributed by atoms with E-state index in [0.717, 1.165) is 43.4 Å². The predicted molar refractivity (Wildman–Crippen MR) is 123 cm³/mol. The second-order valence-corrected chi connectivity index (χ2v) is 11.0. The highest BCUT2D eigenvalue weighted by atomic mass is 32.2. The highest BCUT2D eigenvalue weighted by Crippen LogP contribution is 2.34. The summed E-state index contributed by atoms with van der Waals surface area (Å²) < 4.78 is 41.7. The molecule has 2 fully saturated rings. The number of nitrogens with one attached hydrogen (secondary N) is 1. The molecule has 0 unspecified atom stereocenters. The van der Waals surface area contributed by atoms with Gasteiger partial charge in [0.15, 0.2) is 0 Å². The summed E-state index contributed by atoms with van der Waals surface area (Å²) in [6.07, 6.45) is 4.93. The van der Waals surface area contributed by atoms with Crippen LogP contribution in [-0.2, 0) is 21.4 Å². The summed E-state index contributed by atoms with van der Waals surface area (Å²) in [5, 5.41) is 2.99. The summed E-state index contributed by atoms with van der Waals surface area (Å²) in [6, 6.07) is 10.6. The Bertz CT molecular complexity index is 1080. The first kappa shape index (κ1) is 22.7. The average molecular weight is 460 g/mol. The van der Waals surface area contributed by atoms with Gasteiger partial charge in [-0.3, -0.25) is 4.79 Å². The highest BCUT2D eigenvalue weighted by Gasteiger charge is 2.32. The van der Waals surface area contributed by atoms with Gasteiger partial charge in [0.05, 0.1) is 4.90 Å². The standard InChI is InChI=1S/C24H30FN3O3S/c1-27(2)23-13-10-21(26-24(29)18-4-3-5-18)14-19(23)16-28(15-17-6-7-17)32(30,31)22-11-8-20(25)9-12-22/h8-14,17-18H,3-7,15-16H2,1-2H3,(H,26,29). The number of benzene rings is 2. The van der Waals surface area contributed by atoms with Crippen LogP contribution in [0.15, 0.2) is 47.4 Å². The van der Waals surface area contributed by atoms with Crippen LogP contribution in [0.4, 0.5) is 15.8 Å². The van der Waals surface area contributed by atoms with Crippen molar-refractivity contribution in [3.05, 3.63) is 53.8 Å². The molecular formula is C24H30FN3O3S. The van der Waals surface area contributed by atoms with Crippen molar-refractivity contribution in [1.29, 1.82) is 0 Å². The van der Waals surface area contributed by atoms with E-state index in [1.165, 1.54) is 28.6 Å². The second-order valence-electron chi connectivity index (χ2n) is 9.05. The molecule has 32 heavy (non-hydrogen) atoms. The lowest BCUT2D eigenvalue weighted by atomic mass is 9.85. The Kier molecular flexibility index (Phi) is 6.53. The number of rotatable bonds is 9. The molecule has 2 aliphatic carbocycles. The molecule has 0 atom stereocenters. The van der Waals surface area contributed by atoms with Crippen LogP contribution in [0.5, 0.6) is 0 Å². The first-order valence-electron chi connectivity index (χ1n) is 11.1. The van der Waals surface area contributed by atoms with Crippen molar-refractivity contribution in [3.8, 4) is 0 Å². The Morgan fingerprint density at radius 3 is 2.31 bits per heavy atom. The van der Waals surface area contributed by atoms with E-state index in [-0.39, 0.29) is 23.3 Å². The van der Waals surface area contributed by atoms with Gasteiger partial charge in [0.2, 0.25) is 15.9 Å². The minimum absolute atomic E-state index is 0.0218. The molecule has 1 N–H and O–H groups in total. The fraction of sp³-hybridized carbons (Fsp3) is 0.458. The number of carbonyl (C=O) groups excluding carboxylic acids is 1. The van der Waals surface area contributed by atoms with Crippen molar-refractivity contribution < 1.29 is 17.6 Å². The van der Waals surface area contributed by atoms with Crippen molar-refractivity contribution in [2.24, 2.45) is 11.8 Å². The van der Waals surface area contributed by atoms with Crippen molar-refractivity contribution in [2.45, 2.75) is 43.5 Å². The molecule has 2 aromatic rings. The lowest BCUT2D eigenvalue weighted by Gasteiger charge is -2.27. The van der Waals surface area contributed by atoms with Crippen molar-refractivity contribution in [3.63, 3.8) is 0 Å². The number of nitrogens with zero attached hydrogens (tertiary/aromatic N) is 2. The van der Waals surface area contributed by atoms with Crippen LogP contribution < -0.4 is 10.2 Å². The molecule has 4 rings (SSSR count). The number of carbonyl (C=O) groups is 1. The predicted octanol–water partition coefficient (Wildman–Crippen LogP) is 4.23. The molecule has 0 spiro atoms. The summed E-state index contributed by atoms with van der Waals surface area (Å²) in [5.41, 5.74) is 2.38. The summed E-state index contributed by atoms with van der Waals surface area (Å²) in [5.74, 6) is -0.0391. The lowest BCUT2D eigenvalue weighted by Crippen LogP contribution is -2.33. The fourth-order valence-corrected chi connectivity index (χ4v) is 5.42. The molecule has 0 bridgehead atoms. The molecule has 2 aromatic carbocycles. The number of halogens is 1. The van der Waals surface area contributed by atoms with E-state index in [0.29, 0.717) is 18.2 Å². The quantitative estimate of drug-likeness (QED) is 0.609. The summed E-state index contributed by atoms with van der Waals surface area (Å²) >= 11 is 0. The Morgan fingerprint density at radius 1 is 1.06 bits per heavy atom. The Hall–Kier alpha value is -2.45.